The average Bonchev–Trinajstić information content (AvgIpc) is 2.30. The number of ether oxygens (including phenoxy) is 3. The molecule has 1 aromatic carbocycles. The van der Waals surface area contributed by atoms with Gasteiger partial charge in [0.05, 0.1) is 27.8 Å². The minimum absolute atomic E-state index is 0.177. The van der Waals surface area contributed by atoms with Gasteiger partial charge in [0, 0.05) is 5.56 Å². The predicted molar refractivity (Wildman–Crippen MR) is 60.0 cm³/mol. The lowest BCUT2D eigenvalue weighted by Crippen LogP contribution is -2.06. The number of benzene rings is 1. The molecule has 4 heteroatoms. The van der Waals surface area contributed by atoms with Crippen molar-refractivity contribution in [2.45, 2.75) is 13.3 Å². The summed E-state index contributed by atoms with van der Waals surface area (Å²) in [6.07, 6.45) is 0.177. The standard InChI is InChI=1S/C12H16O4/c1-8-5-11(15-3)9(6-10(8)14-2)7-12(13)16-4/h5-6H,7H2,1-4H3. The Morgan fingerprint density at radius 1 is 1.12 bits per heavy atom. The van der Waals surface area contributed by atoms with Crippen LogP contribution in [0.1, 0.15) is 11.1 Å². The summed E-state index contributed by atoms with van der Waals surface area (Å²) in [7, 11) is 4.53. The third kappa shape index (κ3) is 2.66. The molecule has 0 saturated carbocycles. The lowest BCUT2D eigenvalue weighted by atomic mass is 10.1. The monoisotopic (exact) mass is 224 g/mol. The second-order valence-corrected chi connectivity index (χ2v) is 3.39. The van der Waals surface area contributed by atoms with E-state index in [9.17, 15) is 4.79 Å². The molecule has 0 amide bonds. The van der Waals surface area contributed by atoms with Crippen molar-refractivity contribution in [3.63, 3.8) is 0 Å². The van der Waals surface area contributed by atoms with Crippen molar-refractivity contribution in [1.82, 2.24) is 0 Å². The van der Waals surface area contributed by atoms with Gasteiger partial charge in [0.25, 0.3) is 0 Å². The first-order chi connectivity index (χ1) is 7.62. The Labute approximate surface area is 95.1 Å². The Bertz CT molecular complexity index is 385. The van der Waals surface area contributed by atoms with Crippen LogP contribution in [-0.4, -0.2) is 27.3 Å². The summed E-state index contributed by atoms with van der Waals surface area (Å²) in [4.78, 5) is 11.2. The highest BCUT2D eigenvalue weighted by Crippen LogP contribution is 2.28. The quantitative estimate of drug-likeness (QED) is 0.730. The summed E-state index contributed by atoms with van der Waals surface area (Å²) >= 11 is 0. The molecule has 0 aromatic heterocycles. The molecule has 0 unspecified atom stereocenters. The molecule has 0 aliphatic heterocycles. The van der Waals surface area contributed by atoms with E-state index in [1.807, 2.05) is 13.0 Å². The fraction of sp³-hybridized carbons (Fsp3) is 0.417. The third-order valence-corrected chi connectivity index (χ3v) is 2.36. The predicted octanol–water partition coefficient (Wildman–Crippen LogP) is 1.73. The van der Waals surface area contributed by atoms with E-state index < -0.39 is 0 Å². The van der Waals surface area contributed by atoms with E-state index in [2.05, 4.69) is 4.74 Å². The van der Waals surface area contributed by atoms with Crippen molar-refractivity contribution in [2.75, 3.05) is 21.3 Å². The molecule has 0 bridgehead atoms. The molecule has 0 atom stereocenters. The maximum atomic E-state index is 11.2. The third-order valence-electron chi connectivity index (χ3n) is 2.36. The topological polar surface area (TPSA) is 44.8 Å². The van der Waals surface area contributed by atoms with Gasteiger partial charge < -0.3 is 14.2 Å². The molecule has 88 valence electrons. The lowest BCUT2D eigenvalue weighted by molar-refractivity contribution is -0.139. The molecule has 0 spiro atoms. The number of hydrogen-bond donors (Lipinski definition) is 0. The molecule has 0 saturated heterocycles. The SMILES string of the molecule is COC(=O)Cc1cc(OC)c(C)cc1OC. The summed E-state index contributed by atoms with van der Waals surface area (Å²) in [5, 5.41) is 0. The molecule has 0 aliphatic carbocycles. The zero-order valence-electron chi connectivity index (χ0n) is 9.99. The molecule has 1 rings (SSSR count). The number of hydrogen-bond acceptors (Lipinski definition) is 4. The number of rotatable bonds is 4. The van der Waals surface area contributed by atoms with Gasteiger partial charge in [0.1, 0.15) is 11.5 Å². The van der Waals surface area contributed by atoms with Gasteiger partial charge in [-0.2, -0.15) is 0 Å². The molecule has 0 N–H and O–H groups in total. The highest BCUT2D eigenvalue weighted by atomic mass is 16.5. The molecular weight excluding hydrogens is 208 g/mol. The molecule has 0 heterocycles. The van der Waals surface area contributed by atoms with E-state index in [-0.39, 0.29) is 12.4 Å². The molecule has 16 heavy (non-hydrogen) atoms. The highest BCUT2D eigenvalue weighted by molar-refractivity contribution is 5.73. The van der Waals surface area contributed by atoms with Gasteiger partial charge in [0.15, 0.2) is 0 Å². The van der Waals surface area contributed by atoms with Crippen molar-refractivity contribution >= 4 is 5.97 Å². The lowest BCUT2D eigenvalue weighted by Gasteiger charge is -2.12. The molecule has 0 radical (unpaired) electrons. The summed E-state index contributed by atoms with van der Waals surface area (Å²) in [5.74, 6) is 1.10. The van der Waals surface area contributed by atoms with Gasteiger partial charge in [-0.3, -0.25) is 4.79 Å². The van der Waals surface area contributed by atoms with E-state index in [4.69, 9.17) is 9.47 Å². The van der Waals surface area contributed by atoms with Crippen molar-refractivity contribution in [3.05, 3.63) is 23.3 Å². The number of carbonyl (C=O) groups excluding carboxylic acids is 1. The van der Waals surface area contributed by atoms with Gasteiger partial charge in [0.2, 0.25) is 0 Å². The fourth-order valence-corrected chi connectivity index (χ4v) is 1.48. The Morgan fingerprint density at radius 3 is 2.25 bits per heavy atom. The first-order valence-electron chi connectivity index (χ1n) is 4.90. The number of methoxy groups -OCH3 is 3. The highest BCUT2D eigenvalue weighted by Gasteiger charge is 2.12. The van der Waals surface area contributed by atoms with Crippen LogP contribution < -0.4 is 9.47 Å². The Morgan fingerprint density at radius 2 is 1.75 bits per heavy atom. The summed E-state index contributed by atoms with van der Waals surface area (Å²) in [6, 6.07) is 3.64. The normalized spacial score (nSPS) is 9.75. The zero-order chi connectivity index (χ0) is 12.1. The van der Waals surface area contributed by atoms with Crippen molar-refractivity contribution in [3.8, 4) is 11.5 Å². The van der Waals surface area contributed by atoms with Gasteiger partial charge in [-0.25, -0.2) is 0 Å². The number of esters is 1. The van der Waals surface area contributed by atoms with E-state index in [1.165, 1.54) is 7.11 Å². The average molecular weight is 224 g/mol. The van der Waals surface area contributed by atoms with Crippen molar-refractivity contribution < 1.29 is 19.0 Å². The second-order valence-electron chi connectivity index (χ2n) is 3.39. The number of aryl methyl sites for hydroxylation is 1. The van der Waals surface area contributed by atoms with Gasteiger partial charge in [-0.1, -0.05) is 0 Å². The summed E-state index contributed by atoms with van der Waals surface area (Å²) in [6.45, 7) is 1.92. The van der Waals surface area contributed by atoms with Crippen LogP contribution in [-0.2, 0) is 16.0 Å². The van der Waals surface area contributed by atoms with Crippen LogP contribution in [0.4, 0.5) is 0 Å². The van der Waals surface area contributed by atoms with Crippen LogP contribution in [0.15, 0.2) is 12.1 Å². The Hall–Kier alpha value is -1.71. The Kier molecular flexibility index (Phi) is 4.17. The first-order valence-corrected chi connectivity index (χ1v) is 4.90. The van der Waals surface area contributed by atoms with Crippen molar-refractivity contribution in [2.24, 2.45) is 0 Å². The summed E-state index contributed by atoms with van der Waals surface area (Å²) in [5.41, 5.74) is 1.73. The van der Waals surface area contributed by atoms with Crippen molar-refractivity contribution in [1.29, 1.82) is 0 Å². The maximum Gasteiger partial charge on any atom is 0.310 e. The minimum atomic E-state index is -0.302. The van der Waals surface area contributed by atoms with Crippen LogP contribution in [0.5, 0.6) is 11.5 Å². The van der Waals surface area contributed by atoms with Crippen LogP contribution in [0, 0.1) is 6.92 Å². The van der Waals surface area contributed by atoms with Crippen LogP contribution in [0.2, 0.25) is 0 Å². The molecule has 0 fully saturated rings. The number of carbonyl (C=O) groups is 1. The molecule has 1 aromatic rings. The Balaban J connectivity index is 3.09. The zero-order valence-corrected chi connectivity index (χ0v) is 9.99. The second kappa shape index (κ2) is 5.39. The van der Waals surface area contributed by atoms with Gasteiger partial charge in [-0.15, -0.1) is 0 Å². The minimum Gasteiger partial charge on any atom is -0.496 e. The van der Waals surface area contributed by atoms with E-state index >= 15 is 0 Å². The van der Waals surface area contributed by atoms with Crippen LogP contribution in [0.3, 0.4) is 0 Å². The van der Waals surface area contributed by atoms with Crippen LogP contribution >= 0.6 is 0 Å². The molecular formula is C12H16O4. The van der Waals surface area contributed by atoms with E-state index in [1.54, 1.807) is 20.3 Å². The summed E-state index contributed by atoms with van der Waals surface area (Å²) < 4.78 is 15.0. The van der Waals surface area contributed by atoms with E-state index in [0.717, 1.165) is 16.9 Å². The maximum absolute atomic E-state index is 11.2. The van der Waals surface area contributed by atoms with E-state index in [0.29, 0.717) is 5.75 Å². The van der Waals surface area contributed by atoms with Crippen LogP contribution in [0.25, 0.3) is 0 Å². The fourth-order valence-electron chi connectivity index (χ4n) is 1.48. The smallest absolute Gasteiger partial charge is 0.310 e. The first kappa shape index (κ1) is 12.4. The molecule has 4 nitrogen and oxygen atoms in total. The largest absolute Gasteiger partial charge is 0.496 e. The molecule has 0 aliphatic rings. The van der Waals surface area contributed by atoms with Gasteiger partial charge >= 0.3 is 5.97 Å². The van der Waals surface area contributed by atoms with Gasteiger partial charge in [-0.05, 0) is 24.6 Å².